The van der Waals surface area contributed by atoms with Crippen LogP contribution in [0.2, 0.25) is 5.02 Å². The van der Waals surface area contributed by atoms with E-state index in [2.05, 4.69) is 10.6 Å². The van der Waals surface area contributed by atoms with Crippen molar-refractivity contribution in [1.29, 1.82) is 0 Å². The maximum Gasteiger partial charge on any atom is 0.321 e. The number of imide groups is 1. The summed E-state index contributed by atoms with van der Waals surface area (Å²) < 4.78 is 5.47. The quantitative estimate of drug-likeness (QED) is 0.878. The van der Waals surface area contributed by atoms with Gasteiger partial charge in [0, 0.05) is 11.6 Å². The average Bonchev–Trinajstić information content (AvgIpc) is 2.37. The summed E-state index contributed by atoms with van der Waals surface area (Å²) in [5.41, 5.74) is 1.80. The molecule has 0 aromatic heterocycles. The highest BCUT2D eigenvalue weighted by Gasteiger charge is 2.12. The van der Waals surface area contributed by atoms with Gasteiger partial charge in [0.1, 0.15) is 5.75 Å². The number of nitrogens with one attached hydrogen (secondary N) is 2. The number of hydrogen-bond donors (Lipinski definition) is 2. The van der Waals surface area contributed by atoms with Crippen molar-refractivity contribution >= 4 is 23.5 Å². The molecule has 6 heteroatoms. The number of carbonyl (C=O) groups excluding carboxylic acids is 2. The first kappa shape index (κ1) is 17.3. The van der Waals surface area contributed by atoms with Crippen LogP contribution in [0.25, 0.3) is 0 Å². The topological polar surface area (TPSA) is 67.4 Å². The standard InChI is InChI=1S/C15H21ClN2O3/c1-5-17-15(20)18-14(19)8-21-13-7-11(9(2)3)12(16)6-10(13)4/h6-7,9H,5,8H2,1-4H3,(H2,17,18,19,20). The number of rotatable bonds is 5. The fraction of sp³-hybridized carbons (Fsp3) is 0.467. The molecule has 0 heterocycles. The van der Waals surface area contributed by atoms with E-state index in [0.29, 0.717) is 17.3 Å². The second kappa shape index (κ2) is 7.88. The van der Waals surface area contributed by atoms with E-state index in [0.717, 1.165) is 11.1 Å². The third-order valence-electron chi connectivity index (χ3n) is 2.87. The number of hydrogen-bond acceptors (Lipinski definition) is 3. The van der Waals surface area contributed by atoms with Gasteiger partial charge < -0.3 is 10.1 Å². The van der Waals surface area contributed by atoms with E-state index < -0.39 is 11.9 Å². The highest BCUT2D eigenvalue weighted by Crippen LogP contribution is 2.31. The molecule has 5 nitrogen and oxygen atoms in total. The Morgan fingerprint density at radius 3 is 2.57 bits per heavy atom. The Morgan fingerprint density at radius 1 is 1.33 bits per heavy atom. The van der Waals surface area contributed by atoms with Crippen LogP contribution in [0.1, 0.15) is 37.8 Å². The normalized spacial score (nSPS) is 10.4. The second-order valence-corrected chi connectivity index (χ2v) is 5.40. The third-order valence-corrected chi connectivity index (χ3v) is 3.19. The van der Waals surface area contributed by atoms with Crippen LogP contribution < -0.4 is 15.4 Å². The van der Waals surface area contributed by atoms with Crippen molar-refractivity contribution in [3.63, 3.8) is 0 Å². The van der Waals surface area contributed by atoms with Gasteiger partial charge in [0.15, 0.2) is 6.61 Å². The Kier molecular flexibility index (Phi) is 6.49. The fourth-order valence-corrected chi connectivity index (χ4v) is 2.21. The Bertz CT molecular complexity index is 530. The van der Waals surface area contributed by atoms with E-state index >= 15 is 0 Å². The lowest BCUT2D eigenvalue weighted by Crippen LogP contribution is -2.41. The summed E-state index contributed by atoms with van der Waals surface area (Å²) in [5.74, 6) is 0.347. The molecule has 0 atom stereocenters. The molecule has 21 heavy (non-hydrogen) atoms. The molecule has 1 rings (SSSR count). The van der Waals surface area contributed by atoms with Gasteiger partial charge in [-0.15, -0.1) is 0 Å². The summed E-state index contributed by atoms with van der Waals surface area (Å²) in [6, 6.07) is 3.12. The molecule has 0 radical (unpaired) electrons. The Hall–Kier alpha value is -1.75. The highest BCUT2D eigenvalue weighted by atomic mass is 35.5. The number of ether oxygens (including phenoxy) is 1. The van der Waals surface area contributed by atoms with Crippen LogP contribution in [0.4, 0.5) is 4.79 Å². The number of carbonyl (C=O) groups is 2. The molecular formula is C15H21ClN2O3. The van der Waals surface area contributed by atoms with Crippen LogP contribution in [0.3, 0.4) is 0 Å². The van der Waals surface area contributed by atoms with E-state index in [1.165, 1.54) is 0 Å². The van der Waals surface area contributed by atoms with E-state index in [4.69, 9.17) is 16.3 Å². The largest absolute Gasteiger partial charge is 0.483 e. The van der Waals surface area contributed by atoms with Gasteiger partial charge in [0.2, 0.25) is 0 Å². The van der Waals surface area contributed by atoms with Gasteiger partial charge in [-0.25, -0.2) is 4.79 Å². The zero-order valence-electron chi connectivity index (χ0n) is 12.7. The zero-order chi connectivity index (χ0) is 16.0. The Morgan fingerprint density at radius 2 is 2.00 bits per heavy atom. The predicted molar refractivity (Wildman–Crippen MR) is 83.0 cm³/mol. The molecule has 0 aliphatic carbocycles. The molecule has 3 amide bonds. The van der Waals surface area contributed by atoms with Crippen molar-refractivity contribution in [1.82, 2.24) is 10.6 Å². The van der Waals surface area contributed by atoms with Gasteiger partial charge in [-0.1, -0.05) is 25.4 Å². The minimum Gasteiger partial charge on any atom is -0.483 e. The molecule has 0 unspecified atom stereocenters. The number of halogens is 1. The maximum absolute atomic E-state index is 11.6. The minimum atomic E-state index is -0.526. The van der Waals surface area contributed by atoms with Crippen molar-refractivity contribution in [2.75, 3.05) is 13.2 Å². The Labute approximate surface area is 130 Å². The van der Waals surface area contributed by atoms with E-state index in [9.17, 15) is 9.59 Å². The predicted octanol–water partition coefficient (Wildman–Crippen LogP) is 3.00. The number of amides is 3. The first-order valence-electron chi connectivity index (χ1n) is 6.85. The molecule has 0 aliphatic rings. The van der Waals surface area contributed by atoms with Gasteiger partial charge in [-0.2, -0.15) is 0 Å². The second-order valence-electron chi connectivity index (χ2n) is 4.99. The van der Waals surface area contributed by atoms with Crippen molar-refractivity contribution in [2.24, 2.45) is 0 Å². The van der Waals surface area contributed by atoms with E-state index in [1.54, 1.807) is 6.92 Å². The van der Waals surface area contributed by atoms with Crippen LogP contribution >= 0.6 is 11.6 Å². The molecule has 2 N–H and O–H groups in total. The van der Waals surface area contributed by atoms with E-state index in [1.807, 2.05) is 32.9 Å². The molecule has 0 bridgehead atoms. The summed E-state index contributed by atoms with van der Waals surface area (Å²) in [7, 11) is 0. The van der Waals surface area contributed by atoms with Crippen molar-refractivity contribution in [2.45, 2.75) is 33.6 Å². The summed E-state index contributed by atoms with van der Waals surface area (Å²) >= 11 is 6.18. The third kappa shape index (κ3) is 5.27. The van der Waals surface area contributed by atoms with Crippen LogP contribution in [0, 0.1) is 6.92 Å². The maximum atomic E-state index is 11.6. The highest BCUT2D eigenvalue weighted by molar-refractivity contribution is 6.31. The summed E-state index contributed by atoms with van der Waals surface area (Å²) in [4.78, 5) is 22.8. The monoisotopic (exact) mass is 312 g/mol. The first-order valence-corrected chi connectivity index (χ1v) is 7.23. The zero-order valence-corrected chi connectivity index (χ0v) is 13.5. The number of aryl methyl sites for hydroxylation is 1. The lowest BCUT2D eigenvalue weighted by Gasteiger charge is -2.14. The van der Waals surface area contributed by atoms with Crippen LogP contribution in [-0.4, -0.2) is 25.1 Å². The molecule has 1 aromatic rings. The SMILES string of the molecule is CCNC(=O)NC(=O)COc1cc(C(C)C)c(Cl)cc1C. The lowest BCUT2D eigenvalue weighted by molar-refractivity contribution is -0.122. The summed E-state index contributed by atoms with van der Waals surface area (Å²) in [5, 5.41) is 5.33. The summed E-state index contributed by atoms with van der Waals surface area (Å²) in [6.07, 6.45) is 0. The van der Waals surface area contributed by atoms with Gasteiger partial charge in [0.05, 0.1) is 0 Å². The smallest absolute Gasteiger partial charge is 0.321 e. The molecule has 116 valence electrons. The number of urea groups is 1. The molecule has 1 aromatic carbocycles. The van der Waals surface area contributed by atoms with E-state index in [-0.39, 0.29) is 12.5 Å². The fourth-order valence-electron chi connectivity index (χ4n) is 1.78. The van der Waals surface area contributed by atoms with Crippen LogP contribution in [0.5, 0.6) is 5.75 Å². The van der Waals surface area contributed by atoms with Crippen molar-refractivity contribution in [3.8, 4) is 5.75 Å². The molecule has 0 fully saturated rings. The molecule has 0 aliphatic heterocycles. The van der Waals surface area contributed by atoms with Crippen molar-refractivity contribution in [3.05, 3.63) is 28.3 Å². The Balaban J connectivity index is 2.69. The minimum absolute atomic E-state index is 0.225. The van der Waals surface area contributed by atoms with Gasteiger partial charge in [-0.3, -0.25) is 10.1 Å². The number of benzene rings is 1. The molecule has 0 saturated carbocycles. The van der Waals surface area contributed by atoms with Crippen molar-refractivity contribution < 1.29 is 14.3 Å². The summed E-state index contributed by atoms with van der Waals surface area (Å²) in [6.45, 7) is 7.91. The van der Waals surface area contributed by atoms with Crippen LogP contribution in [-0.2, 0) is 4.79 Å². The molecular weight excluding hydrogens is 292 g/mol. The first-order chi connectivity index (χ1) is 9.85. The molecule has 0 saturated heterocycles. The van der Waals surface area contributed by atoms with Gasteiger partial charge >= 0.3 is 6.03 Å². The molecule has 0 spiro atoms. The van der Waals surface area contributed by atoms with Gasteiger partial charge in [-0.05, 0) is 43.0 Å². The average molecular weight is 313 g/mol. The van der Waals surface area contributed by atoms with Gasteiger partial charge in [0.25, 0.3) is 5.91 Å². The lowest BCUT2D eigenvalue weighted by atomic mass is 10.0. The van der Waals surface area contributed by atoms with Crippen LogP contribution in [0.15, 0.2) is 12.1 Å².